The number of aryl methyl sites for hydroxylation is 1. The number of nitrogens with zero attached hydrogens (tertiary/aromatic N) is 2. The number of fused-ring (bicyclic) bond motifs is 1. The lowest BCUT2D eigenvalue weighted by atomic mass is 10.2. The molecule has 0 bridgehead atoms. The fourth-order valence-corrected chi connectivity index (χ4v) is 2.35. The van der Waals surface area contributed by atoms with Gasteiger partial charge in [-0.1, -0.05) is 0 Å². The highest BCUT2D eigenvalue weighted by atomic mass is 32.2. The van der Waals surface area contributed by atoms with Crippen LogP contribution in [0.1, 0.15) is 17.0 Å². The zero-order valence-electron chi connectivity index (χ0n) is 6.29. The summed E-state index contributed by atoms with van der Waals surface area (Å²) in [7, 11) is 0. The van der Waals surface area contributed by atoms with E-state index in [1.165, 1.54) is 5.56 Å². The normalized spacial score (nSPS) is 15.0. The molecule has 0 unspecified atom stereocenters. The summed E-state index contributed by atoms with van der Waals surface area (Å²) in [5.74, 6) is 2.44. The third-order valence-electron chi connectivity index (χ3n) is 1.80. The Morgan fingerprint density at radius 1 is 1.36 bits per heavy atom. The van der Waals surface area contributed by atoms with E-state index in [1.54, 1.807) is 0 Å². The van der Waals surface area contributed by atoms with Crippen LogP contribution >= 0.6 is 11.8 Å². The number of thioether (sulfide) groups is 1. The molecule has 4 heteroatoms. The molecule has 2 N–H and O–H groups in total. The van der Waals surface area contributed by atoms with Crippen LogP contribution in [-0.4, -0.2) is 9.97 Å². The first-order valence-corrected chi connectivity index (χ1v) is 4.62. The van der Waals surface area contributed by atoms with Crippen molar-refractivity contribution in [3.63, 3.8) is 0 Å². The number of nitrogen functional groups attached to an aromatic ring is 1. The second-order valence-electron chi connectivity index (χ2n) is 2.59. The van der Waals surface area contributed by atoms with Gasteiger partial charge in [-0.2, -0.15) is 11.8 Å². The lowest BCUT2D eigenvalue weighted by Gasteiger charge is -2.01. The summed E-state index contributed by atoms with van der Waals surface area (Å²) >= 11 is 1.87. The van der Waals surface area contributed by atoms with Crippen molar-refractivity contribution >= 4 is 17.7 Å². The summed E-state index contributed by atoms with van der Waals surface area (Å²) in [6.45, 7) is 1.99. The van der Waals surface area contributed by atoms with E-state index in [4.69, 9.17) is 5.73 Å². The summed E-state index contributed by atoms with van der Waals surface area (Å²) < 4.78 is 0. The van der Waals surface area contributed by atoms with Crippen molar-refractivity contribution in [1.29, 1.82) is 0 Å². The van der Waals surface area contributed by atoms with Gasteiger partial charge in [-0.3, -0.25) is 0 Å². The van der Waals surface area contributed by atoms with Crippen molar-refractivity contribution in [2.75, 3.05) is 5.73 Å². The third kappa shape index (κ3) is 1.07. The van der Waals surface area contributed by atoms with Gasteiger partial charge in [0.05, 0.1) is 5.69 Å². The Balaban J connectivity index is 2.60. The SMILES string of the molecule is Cc1nc(N)nc2c1CSC2. The molecule has 11 heavy (non-hydrogen) atoms. The highest BCUT2D eigenvalue weighted by Crippen LogP contribution is 2.29. The first kappa shape index (κ1) is 6.91. The first-order valence-electron chi connectivity index (χ1n) is 3.47. The van der Waals surface area contributed by atoms with Gasteiger partial charge in [-0.15, -0.1) is 0 Å². The smallest absolute Gasteiger partial charge is 0.220 e. The molecule has 58 valence electrons. The summed E-state index contributed by atoms with van der Waals surface area (Å²) in [6, 6.07) is 0. The summed E-state index contributed by atoms with van der Waals surface area (Å²) in [5.41, 5.74) is 8.95. The van der Waals surface area contributed by atoms with E-state index >= 15 is 0 Å². The van der Waals surface area contributed by atoms with E-state index in [1.807, 2.05) is 18.7 Å². The first-order chi connectivity index (χ1) is 5.27. The maximum atomic E-state index is 5.50. The largest absolute Gasteiger partial charge is 0.368 e. The van der Waals surface area contributed by atoms with Crippen molar-refractivity contribution in [2.45, 2.75) is 18.4 Å². The van der Waals surface area contributed by atoms with Crippen molar-refractivity contribution in [2.24, 2.45) is 0 Å². The monoisotopic (exact) mass is 167 g/mol. The molecule has 0 amide bonds. The maximum absolute atomic E-state index is 5.50. The number of anilines is 1. The molecule has 2 heterocycles. The molecular weight excluding hydrogens is 158 g/mol. The fourth-order valence-electron chi connectivity index (χ4n) is 1.24. The van der Waals surface area contributed by atoms with Crippen LogP contribution in [0.5, 0.6) is 0 Å². The van der Waals surface area contributed by atoms with Crippen LogP contribution in [-0.2, 0) is 11.5 Å². The lowest BCUT2D eigenvalue weighted by Crippen LogP contribution is -2.02. The molecule has 1 aliphatic rings. The lowest BCUT2D eigenvalue weighted by molar-refractivity contribution is 1.03. The minimum Gasteiger partial charge on any atom is -0.368 e. The average molecular weight is 167 g/mol. The highest BCUT2D eigenvalue weighted by molar-refractivity contribution is 7.98. The van der Waals surface area contributed by atoms with Gasteiger partial charge in [0.15, 0.2) is 0 Å². The minimum absolute atomic E-state index is 0.406. The molecule has 0 radical (unpaired) electrons. The molecule has 0 aromatic carbocycles. The molecule has 3 nitrogen and oxygen atoms in total. The number of rotatable bonds is 0. The molecule has 1 aliphatic heterocycles. The second-order valence-corrected chi connectivity index (χ2v) is 3.57. The zero-order chi connectivity index (χ0) is 7.84. The molecule has 1 aromatic rings. The Morgan fingerprint density at radius 3 is 3.00 bits per heavy atom. The van der Waals surface area contributed by atoms with Gasteiger partial charge in [-0.25, -0.2) is 9.97 Å². The second kappa shape index (κ2) is 2.37. The van der Waals surface area contributed by atoms with Crippen LogP contribution < -0.4 is 5.73 Å². The van der Waals surface area contributed by atoms with Crippen molar-refractivity contribution in [1.82, 2.24) is 9.97 Å². The van der Waals surface area contributed by atoms with E-state index in [9.17, 15) is 0 Å². The number of nitrogens with two attached hydrogens (primary N) is 1. The summed E-state index contributed by atoms with van der Waals surface area (Å²) in [5, 5.41) is 0. The van der Waals surface area contributed by atoms with Gasteiger partial charge in [0.2, 0.25) is 5.95 Å². The predicted molar refractivity (Wildman–Crippen MR) is 46.2 cm³/mol. The highest BCUT2D eigenvalue weighted by Gasteiger charge is 2.15. The van der Waals surface area contributed by atoms with Gasteiger partial charge >= 0.3 is 0 Å². The van der Waals surface area contributed by atoms with E-state index in [-0.39, 0.29) is 0 Å². The third-order valence-corrected chi connectivity index (χ3v) is 2.77. The minimum atomic E-state index is 0.406. The fraction of sp³-hybridized carbons (Fsp3) is 0.429. The van der Waals surface area contributed by atoms with E-state index in [0.717, 1.165) is 22.9 Å². The van der Waals surface area contributed by atoms with Crippen LogP contribution in [0.3, 0.4) is 0 Å². The van der Waals surface area contributed by atoms with Gasteiger partial charge in [-0.05, 0) is 6.92 Å². The van der Waals surface area contributed by atoms with Crippen molar-refractivity contribution < 1.29 is 0 Å². The van der Waals surface area contributed by atoms with E-state index in [2.05, 4.69) is 9.97 Å². The predicted octanol–water partition coefficient (Wildman–Crippen LogP) is 1.11. The number of hydrogen-bond acceptors (Lipinski definition) is 4. The van der Waals surface area contributed by atoms with E-state index in [0.29, 0.717) is 5.95 Å². The quantitative estimate of drug-likeness (QED) is 0.629. The maximum Gasteiger partial charge on any atom is 0.220 e. The Labute approximate surface area is 69.4 Å². The van der Waals surface area contributed by atoms with Crippen LogP contribution in [0.25, 0.3) is 0 Å². The van der Waals surface area contributed by atoms with Crippen LogP contribution in [0.15, 0.2) is 0 Å². The van der Waals surface area contributed by atoms with Crippen molar-refractivity contribution in [3.8, 4) is 0 Å². The van der Waals surface area contributed by atoms with Crippen LogP contribution in [0, 0.1) is 6.92 Å². The van der Waals surface area contributed by atoms with E-state index < -0.39 is 0 Å². The van der Waals surface area contributed by atoms with Crippen LogP contribution in [0.4, 0.5) is 5.95 Å². The standard InChI is InChI=1S/C7H9N3S/c1-4-5-2-11-3-6(5)10-7(8)9-4/h2-3H2,1H3,(H2,8,9,10). The Bertz CT molecular complexity index is 298. The number of hydrogen-bond donors (Lipinski definition) is 1. The molecular formula is C7H9N3S. The van der Waals surface area contributed by atoms with Gasteiger partial charge in [0.25, 0.3) is 0 Å². The molecule has 0 aliphatic carbocycles. The average Bonchev–Trinajstić information content (AvgIpc) is 2.34. The molecule has 2 rings (SSSR count). The molecule has 1 aromatic heterocycles. The van der Waals surface area contributed by atoms with Crippen LogP contribution in [0.2, 0.25) is 0 Å². The molecule has 0 atom stereocenters. The molecule has 0 fully saturated rings. The van der Waals surface area contributed by atoms with Gasteiger partial charge in [0.1, 0.15) is 0 Å². The summed E-state index contributed by atoms with van der Waals surface area (Å²) in [4.78, 5) is 8.26. The Morgan fingerprint density at radius 2 is 2.18 bits per heavy atom. The van der Waals surface area contributed by atoms with Gasteiger partial charge < -0.3 is 5.73 Å². The number of aromatic nitrogens is 2. The molecule has 0 saturated carbocycles. The summed E-state index contributed by atoms with van der Waals surface area (Å²) in [6.07, 6.45) is 0. The Kier molecular flexibility index (Phi) is 1.49. The molecule has 0 spiro atoms. The zero-order valence-corrected chi connectivity index (χ0v) is 7.11. The Hall–Kier alpha value is -0.770. The van der Waals surface area contributed by atoms with Gasteiger partial charge in [0, 0.05) is 22.8 Å². The molecule has 0 saturated heterocycles. The topological polar surface area (TPSA) is 51.8 Å². The van der Waals surface area contributed by atoms with Crippen molar-refractivity contribution in [3.05, 3.63) is 17.0 Å².